The third-order valence-electron chi connectivity index (χ3n) is 6.76. The molecule has 2 aliphatic rings. The zero-order chi connectivity index (χ0) is 24.2. The molecule has 34 heavy (non-hydrogen) atoms. The summed E-state index contributed by atoms with van der Waals surface area (Å²) >= 11 is 0. The molecule has 5 rings (SSSR count). The van der Waals surface area contributed by atoms with Crippen LogP contribution in [-0.2, 0) is 9.59 Å². The van der Waals surface area contributed by atoms with Gasteiger partial charge in [0.15, 0.2) is 5.69 Å². The molecule has 10 nitrogen and oxygen atoms in total. The van der Waals surface area contributed by atoms with E-state index >= 15 is 0 Å². The number of hydrogen-bond acceptors (Lipinski definition) is 7. The van der Waals surface area contributed by atoms with Crippen molar-refractivity contribution < 1.29 is 24.2 Å². The van der Waals surface area contributed by atoms with E-state index in [0.717, 1.165) is 35.6 Å². The molecule has 1 aromatic carbocycles. The minimum absolute atomic E-state index is 0.276. The second kappa shape index (κ2) is 10.3. The molecule has 1 unspecified atom stereocenters. The summed E-state index contributed by atoms with van der Waals surface area (Å²) in [7, 11) is 0. The van der Waals surface area contributed by atoms with Gasteiger partial charge in [0, 0.05) is 17.3 Å². The number of aliphatic carboxylic acids is 2. The quantitative estimate of drug-likeness (QED) is 0.476. The Bertz CT molecular complexity index is 1130. The molecular formula is C24H31N5O5. The first-order valence-electron chi connectivity index (χ1n) is 11.8. The van der Waals surface area contributed by atoms with Crippen LogP contribution in [0.2, 0.25) is 0 Å². The van der Waals surface area contributed by atoms with Crippen LogP contribution < -0.4 is 5.32 Å². The second-order valence-corrected chi connectivity index (χ2v) is 9.26. The largest absolute Gasteiger partial charge is 0.473 e. The van der Waals surface area contributed by atoms with E-state index in [4.69, 9.17) is 29.3 Å². The number of hydrogen-bond donors (Lipinski definition) is 3. The number of fused-ring (bicyclic) bond motifs is 1. The summed E-state index contributed by atoms with van der Waals surface area (Å²) in [5.74, 6) is -0.523. The van der Waals surface area contributed by atoms with Gasteiger partial charge in [0.1, 0.15) is 0 Å². The van der Waals surface area contributed by atoms with Crippen LogP contribution in [0, 0.1) is 11.8 Å². The molecule has 2 aromatic heterocycles. The average molecular weight is 470 g/mol. The predicted molar refractivity (Wildman–Crippen MR) is 124 cm³/mol. The molecule has 10 heteroatoms. The smallest absolute Gasteiger partial charge is 0.414 e. The second-order valence-electron chi connectivity index (χ2n) is 9.26. The van der Waals surface area contributed by atoms with E-state index in [0.29, 0.717) is 23.6 Å². The first-order chi connectivity index (χ1) is 16.4. The Morgan fingerprint density at radius 2 is 1.68 bits per heavy atom. The predicted octanol–water partition coefficient (Wildman–Crippen LogP) is 3.71. The van der Waals surface area contributed by atoms with Crippen molar-refractivity contribution in [2.24, 2.45) is 11.8 Å². The molecule has 3 N–H and O–H groups in total. The van der Waals surface area contributed by atoms with Gasteiger partial charge in [-0.1, -0.05) is 24.6 Å². The molecule has 3 aromatic rings. The van der Waals surface area contributed by atoms with E-state index in [-0.39, 0.29) is 6.04 Å². The SMILES string of the molecule is CC(C)n1nc(-c2nnc(C(C3CCC3)C3CCNCC3)o2)c2ccccc21.O=C(O)C(=O)O. The van der Waals surface area contributed by atoms with Gasteiger partial charge in [-0.15, -0.1) is 10.2 Å². The third kappa shape index (κ3) is 4.96. The van der Waals surface area contributed by atoms with Crippen LogP contribution >= 0.6 is 0 Å². The molecule has 1 atom stereocenters. The van der Waals surface area contributed by atoms with Gasteiger partial charge in [0.2, 0.25) is 5.89 Å². The van der Waals surface area contributed by atoms with E-state index in [2.05, 4.69) is 47.6 Å². The molecule has 1 saturated carbocycles. The number of benzene rings is 1. The molecule has 0 radical (unpaired) electrons. The lowest BCUT2D eigenvalue weighted by atomic mass is 9.68. The number of carbonyl (C=O) groups is 2. The lowest BCUT2D eigenvalue weighted by molar-refractivity contribution is -0.159. The standard InChI is InChI=1S/C22H29N5O.C2H2O4/c1-14(2)27-18-9-4-3-8-17(18)20(26-27)22-25-24-21(28-22)19(15-6-5-7-15)16-10-12-23-13-11-16;3-1(4)2(5)6/h3-4,8-9,14-16,19,23H,5-7,10-13H2,1-2H3;(H,3,4)(H,5,6). The van der Waals surface area contributed by atoms with Gasteiger partial charge in [-0.05, 0) is 70.5 Å². The maximum absolute atomic E-state index is 9.10. The fourth-order valence-electron chi connectivity index (χ4n) is 4.90. The zero-order valence-electron chi connectivity index (χ0n) is 19.5. The van der Waals surface area contributed by atoms with Crippen molar-refractivity contribution in [1.82, 2.24) is 25.3 Å². The molecule has 0 bridgehead atoms. The molecule has 1 saturated heterocycles. The highest BCUT2D eigenvalue weighted by Gasteiger charge is 2.38. The average Bonchev–Trinajstić information content (AvgIpc) is 3.42. The third-order valence-corrected chi connectivity index (χ3v) is 6.76. The fourth-order valence-corrected chi connectivity index (χ4v) is 4.90. The normalized spacial score (nSPS) is 17.7. The van der Waals surface area contributed by atoms with Gasteiger partial charge in [-0.2, -0.15) is 5.10 Å². The first-order valence-corrected chi connectivity index (χ1v) is 11.8. The fraction of sp³-hybridized carbons (Fsp3) is 0.542. The van der Waals surface area contributed by atoms with Crippen LogP contribution in [0.4, 0.5) is 0 Å². The van der Waals surface area contributed by atoms with Crippen molar-refractivity contribution >= 4 is 22.8 Å². The van der Waals surface area contributed by atoms with Crippen LogP contribution in [0.25, 0.3) is 22.5 Å². The Kier molecular flexibility index (Phi) is 7.26. The highest BCUT2D eigenvalue weighted by Crippen LogP contribution is 2.46. The van der Waals surface area contributed by atoms with E-state index in [1.165, 1.54) is 32.1 Å². The van der Waals surface area contributed by atoms with Crippen LogP contribution in [0.5, 0.6) is 0 Å². The summed E-state index contributed by atoms with van der Waals surface area (Å²) in [6.45, 7) is 6.48. The Morgan fingerprint density at radius 1 is 1.03 bits per heavy atom. The molecule has 182 valence electrons. The van der Waals surface area contributed by atoms with E-state index in [1.54, 1.807) is 0 Å². The van der Waals surface area contributed by atoms with Crippen molar-refractivity contribution in [3.8, 4) is 11.6 Å². The molecule has 1 aliphatic carbocycles. The van der Waals surface area contributed by atoms with E-state index < -0.39 is 11.9 Å². The Hall–Kier alpha value is -3.27. The number of aromatic nitrogens is 4. The molecule has 3 heterocycles. The molecule has 0 amide bonds. The lowest BCUT2D eigenvalue weighted by Crippen LogP contribution is -2.35. The van der Waals surface area contributed by atoms with Crippen molar-refractivity contribution in [2.75, 3.05) is 13.1 Å². The molecule has 0 spiro atoms. The molecule has 2 fully saturated rings. The first kappa shape index (κ1) is 23.9. The minimum atomic E-state index is -1.82. The number of rotatable bonds is 5. The van der Waals surface area contributed by atoms with Crippen LogP contribution in [0.15, 0.2) is 28.7 Å². The maximum Gasteiger partial charge on any atom is 0.414 e. The topological polar surface area (TPSA) is 143 Å². The summed E-state index contributed by atoms with van der Waals surface area (Å²) < 4.78 is 8.37. The Labute approximate surface area is 197 Å². The number of para-hydroxylation sites is 1. The van der Waals surface area contributed by atoms with Crippen molar-refractivity contribution in [3.05, 3.63) is 30.2 Å². The van der Waals surface area contributed by atoms with Gasteiger partial charge < -0.3 is 19.9 Å². The van der Waals surface area contributed by atoms with Gasteiger partial charge in [0.05, 0.1) is 5.52 Å². The van der Waals surface area contributed by atoms with Crippen LogP contribution in [0.1, 0.15) is 63.8 Å². The van der Waals surface area contributed by atoms with Crippen molar-refractivity contribution in [1.29, 1.82) is 0 Å². The summed E-state index contributed by atoms with van der Waals surface area (Å²) in [5.41, 5.74) is 1.92. The van der Waals surface area contributed by atoms with Gasteiger partial charge in [0.25, 0.3) is 5.89 Å². The van der Waals surface area contributed by atoms with Gasteiger partial charge in [-0.25, -0.2) is 9.59 Å². The number of piperidine rings is 1. The Morgan fingerprint density at radius 3 is 2.26 bits per heavy atom. The van der Waals surface area contributed by atoms with Gasteiger partial charge in [-0.3, -0.25) is 4.68 Å². The molecule has 1 aliphatic heterocycles. The Balaban J connectivity index is 0.000000408. The summed E-state index contributed by atoms with van der Waals surface area (Å²) in [6, 6.07) is 8.57. The maximum atomic E-state index is 9.10. The highest BCUT2D eigenvalue weighted by atomic mass is 16.4. The van der Waals surface area contributed by atoms with Gasteiger partial charge >= 0.3 is 11.9 Å². The number of carboxylic acids is 2. The minimum Gasteiger partial charge on any atom is -0.473 e. The van der Waals surface area contributed by atoms with Crippen molar-refractivity contribution in [3.63, 3.8) is 0 Å². The van der Waals surface area contributed by atoms with Crippen LogP contribution in [-0.4, -0.2) is 55.2 Å². The number of carboxylic acid groups (broad SMARTS) is 2. The highest BCUT2D eigenvalue weighted by molar-refractivity contribution is 6.27. The summed E-state index contributed by atoms with van der Waals surface area (Å²) in [6.07, 6.45) is 6.30. The lowest BCUT2D eigenvalue weighted by Gasteiger charge is -2.38. The summed E-state index contributed by atoms with van der Waals surface area (Å²) in [5, 5.41) is 33.2. The van der Waals surface area contributed by atoms with E-state index in [9.17, 15) is 0 Å². The zero-order valence-corrected chi connectivity index (χ0v) is 19.5. The van der Waals surface area contributed by atoms with Crippen molar-refractivity contribution in [2.45, 2.75) is 57.9 Å². The summed E-state index contributed by atoms with van der Waals surface area (Å²) in [4.78, 5) is 18.2. The monoisotopic (exact) mass is 469 g/mol. The van der Waals surface area contributed by atoms with E-state index in [1.807, 2.05) is 10.7 Å². The number of nitrogens with one attached hydrogen (secondary N) is 1. The number of nitrogens with zero attached hydrogens (tertiary/aromatic N) is 4. The van der Waals surface area contributed by atoms with Crippen LogP contribution in [0.3, 0.4) is 0 Å². The molecular weight excluding hydrogens is 438 g/mol.